The van der Waals surface area contributed by atoms with Gasteiger partial charge >= 0.3 is 0 Å². The van der Waals surface area contributed by atoms with Crippen molar-refractivity contribution >= 4 is 15.9 Å². The molecule has 2 N–H and O–H groups in total. The summed E-state index contributed by atoms with van der Waals surface area (Å²) in [5.41, 5.74) is 2.13. The summed E-state index contributed by atoms with van der Waals surface area (Å²) in [5.74, 6) is 2.34. The molecule has 0 aliphatic rings. The molecule has 0 amide bonds. The van der Waals surface area contributed by atoms with Crippen molar-refractivity contribution < 1.29 is 4.74 Å². The maximum absolute atomic E-state index is 5.23. The van der Waals surface area contributed by atoms with Crippen LogP contribution in [0.1, 0.15) is 19.5 Å². The molecule has 2 rings (SSSR count). The minimum absolute atomic E-state index is 0.648. The number of hydrogen-bond donors (Lipinski definition) is 2. The Kier molecular flexibility index (Phi) is 5.20. The minimum atomic E-state index is 0.648. The van der Waals surface area contributed by atoms with Crippen LogP contribution in [0, 0.1) is 5.92 Å². The lowest BCUT2D eigenvalue weighted by Gasteiger charge is -2.06. The van der Waals surface area contributed by atoms with Crippen molar-refractivity contribution in [2.45, 2.75) is 20.4 Å². The van der Waals surface area contributed by atoms with Gasteiger partial charge in [-0.3, -0.25) is 0 Å². The standard InChI is InChI=1S/C15H20BrN3O/c1-10(2)7-17-8-12-9-18-15(19-12)11-4-5-14(20-3)13(16)6-11/h4-6,9-10,17H,7-8H2,1-3H3,(H,18,19). The van der Waals surface area contributed by atoms with Gasteiger partial charge in [0.1, 0.15) is 11.6 Å². The van der Waals surface area contributed by atoms with Gasteiger partial charge in [0, 0.05) is 24.0 Å². The Bertz CT molecular complexity index is 566. The molecule has 4 nitrogen and oxygen atoms in total. The van der Waals surface area contributed by atoms with Gasteiger partial charge in [-0.1, -0.05) is 13.8 Å². The number of nitrogens with zero attached hydrogens (tertiary/aromatic N) is 1. The molecule has 1 aromatic heterocycles. The summed E-state index contributed by atoms with van der Waals surface area (Å²) < 4.78 is 6.15. The van der Waals surface area contributed by atoms with Crippen molar-refractivity contribution in [2.24, 2.45) is 5.92 Å². The Balaban J connectivity index is 2.06. The van der Waals surface area contributed by atoms with Crippen molar-refractivity contribution in [3.63, 3.8) is 0 Å². The van der Waals surface area contributed by atoms with E-state index in [1.54, 1.807) is 7.11 Å². The maximum Gasteiger partial charge on any atom is 0.137 e. The number of ether oxygens (including phenoxy) is 1. The number of benzene rings is 1. The first kappa shape index (κ1) is 15.1. The summed E-state index contributed by atoms with van der Waals surface area (Å²) in [5, 5.41) is 3.40. The first-order valence-electron chi connectivity index (χ1n) is 6.68. The van der Waals surface area contributed by atoms with Gasteiger partial charge in [-0.25, -0.2) is 4.98 Å². The molecule has 1 aromatic carbocycles. The quantitative estimate of drug-likeness (QED) is 0.846. The van der Waals surface area contributed by atoms with Gasteiger partial charge in [0.2, 0.25) is 0 Å². The van der Waals surface area contributed by atoms with E-state index in [-0.39, 0.29) is 0 Å². The Morgan fingerprint density at radius 1 is 1.40 bits per heavy atom. The smallest absolute Gasteiger partial charge is 0.137 e. The molecule has 1 heterocycles. The van der Waals surface area contributed by atoms with Gasteiger partial charge < -0.3 is 15.0 Å². The topological polar surface area (TPSA) is 49.9 Å². The molecule has 5 heteroatoms. The highest BCUT2D eigenvalue weighted by Gasteiger charge is 2.07. The van der Waals surface area contributed by atoms with Crippen molar-refractivity contribution in [1.82, 2.24) is 15.3 Å². The Morgan fingerprint density at radius 3 is 2.85 bits per heavy atom. The molecule has 108 valence electrons. The van der Waals surface area contributed by atoms with Gasteiger partial charge in [-0.05, 0) is 46.6 Å². The number of H-pyrrole nitrogens is 1. The van der Waals surface area contributed by atoms with Gasteiger partial charge in [0.25, 0.3) is 0 Å². The summed E-state index contributed by atoms with van der Waals surface area (Å²) in [6, 6.07) is 5.93. The molecule has 2 aromatic rings. The second kappa shape index (κ2) is 6.90. The Hall–Kier alpha value is -1.33. The van der Waals surface area contributed by atoms with E-state index in [0.717, 1.165) is 40.4 Å². The third-order valence-corrected chi connectivity index (χ3v) is 3.54. The Labute approximate surface area is 128 Å². The molecule has 0 saturated heterocycles. The number of nitrogens with one attached hydrogen (secondary N) is 2. The van der Waals surface area contributed by atoms with Crippen LogP contribution in [0.4, 0.5) is 0 Å². The third kappa shape index (κ3) is 3.84. The molecule has 0 bridgehead atoms. The molecule has 20 heavy (non-hydrogen) atoms. The average Bonchev–Trinajstić information content (AvgIpc) is 2.87. The first-order chi connectivity index (χ1) is 9.60. The van der Waals surface area contributed by atoms with E-state index in [2.05, 4.69) is 45.1 Å². The summed E-state index contributed by atoms with van der Waals surface area (Å²) in [7, 11) is 1.66. The molecule has 0 atom stereocenters. The highest BCUT2D eigenvalue weighted by Crippen LogP contribution is 2.29. The molecular weight excluding hydrogens is 318 g/mol. The fourth-order valence-corrected chi connectivity index (χ4v) is 2.45. The SMILES string of the molecule is COc1ccc(-c2ncc(CNCC(C)C)[nH]2)cc1Br. The maximum atomic E-state index is 5.23. The van der Waals surface area contributed by atoms with Crippen molar-refractivity contribution in [2.75, 3.05) is 13.7 Å². The van der Waals surface area contributed by atoms with E-state index in [1.807, 2.05) is 24.4 Å². The molecule has 0 saturated carbocycles. The summed E-state index contributed by atoms with van der Waals surface area (Å²) in [4.78, 5) is 7.76. The lowest BCUT2D eigenvalue weighted by atomic mass is 10.2. The normalized spacial score (nSPS) is 11.1. The second-order valence-electron chi connectivity index (χ2n) is 5.13. The lowest BCUT2D eigenvalue weighted by molar-refractivity contribution is 0.412. The van der Waals surface area contributed by atoms with Crippen LogP contribution in [0.5, 0.6) is 5.75 Å². The van der Waals surface area contributed by atoms with Gasteiger partial charge in [-0.2, -0.15) is 0 Å². The molecule has 0 aliphatic heterocycles. The van der Waals surface area contributed by atoms with Crippen LogP contribution < -0.4 is 10.1 Å². The highest BCUT2D eigenvalue weighted by molar-refractivity contribution is 9.10. The molecule has 0 aliphatic carbocycles. The van der Waals surface area contributed by atoms with E-state index < -0.39 is 0 Å². The van der Waals surface area contributed by atoms with E-state index in [9.17, 15) is 0 Å². The number of aromatic amines is 1. The number of methoxy groups -OCH3 is 1. The molecule has 0 radical (unpaired) electrons. The van der Waals surface area contributed by atoms with Gasteiger partial charge in [0.05, 0.1) is 11.6 Å². The van der Waals surface area contributed by atoms with Crippen LogP contribution in [-0.4, -0.2) is 23.6 Å². The number of imidazole rings is 1. The van der Waals surface area contributed by atoms with Crippen molar-refractivity contribution in [3.8, 4) is 17.1 Å². The third-order valence-electron chi connectivity index (χ3n) is 2.92. The zero-order valence-electron chi connectivity index (χ0n) is 12.0. The fourth-order valence-electron chi connectivity index (χ4n) is 1.90. The van der Waals surface area contributed by atoms with E-state index in [1.165, 1.54) is 0 Å². The summed E-state index contributed by atoms with van der Waals surface area (Å²) >= 11 is 3.49. The average molecular weight is 338 g/mol. The molecular formula is C15H20BrN3O. The van der Waals surface area contributed by atoms with Crippen LogP contribution >= 0.6 is 15.9 Å². The number of aromatic nitrogens is 2. The number of hydrogen-bond acceptors (Lipinski definition) is 3. The molecule has 0 unspecified atom stereocenters. The predicted molar refractivity (Wildman–Crippen MR) is 84.8 cm³/mol. The van der Waals surface area contributed by atoms with Crippen molar-refractivity contribution in [1.29, 1.82) is 0 Å². The van der Waals surface area contributed by atoms with Gasteiger partial charge in [0.15, 0.2) is 0 Å². The number of halogens is 1. The Morgan fingerprint density at radius 2 is 2.20 bits per heavy atom. The zero-order valence-corrected chi connectivity index (χ0v) is 13.6. The van der Waals surface area contributed by atoms with Crippen LogP contribution in [0.25, 0.3) is 11.4 Å². The molecule has 0 spiro atoms. The van der Waals surface area contributed by atoms with Gasteiger partial charge in [-0.15, -0.1) is 0 Å². The minimum Gasteiger partial charge on any atom is -0.496 e. The summed E-state index contributed by atoms with van der Waals surface area (Å²) in [6.45, 7) is 6.20. The van der Waals surface area contributed by atoms with E-state index in [0.29, 0.717) is 5.92 Å². The number of rotatable bonds is 6. The first-order valence-corrected chi connectivity index (χ1v) is 7.48. The predicted octanol–water partition coefficient (Wildman–Crippen LogP) is 3.59. The van der Waals surface area contributed by atoms with Crippen LogP contribution in [0.2, 0.25) is 0 Å². The van der Waals surface area contributed by atoms with E-state index in [4.69, 9.17) is 4.74 Å². The van der Waals surface area contributed by atoms with Crippen molar-refractivity contribution in [3.05, 3.63) is 34.6 Å². The zero-order chi connectivity index (χ0) is 14.5. The molecule has 0 fully saturated rings. The fraction of sp³-hybridized carbons (Fsp3) is 0.400. The van der Waals surface area contributed by atoms with Crippen LogP contribution in [0.15, 0.2) is 28.9 Å². The lowest BCUT2D eigenvalue weighted by Crippen LogP contribution is -2.19. The largest absolute Gasteiger partial charge is 0.496 e. The van der Waals surface area contributed by atoms with Crippen LogP contribution in [0.3, 0.4) is 0 Å². The monoisotopic (exact) mass is 337 g/mol. The van der Waals surface area contributed by atoms with E-state index >= 15 is 0 Å². The van der Waals surface area contributed by atoms with Crippen LogP contribution in [-0.2, 0) is 6.54 Å². The summed E-state index contributed by atoms with van der Waals surface area (Å²) in [6.07, 6.45) is 1.88. The highest BCUT2D eigenvalue weighted by atomic mass is 79.9. The second-order valence-corrected chi connectivity index (χ2v) is 5.99.